The van der Waals surface area contributed by atoms with Gasteiger partial charge >= 0.3 is 0 Å². The predicted octanol–water partition coefficient (Wildman–Crippen LogP) is 2.08. The molecule has 0 fully saturated rings. The van der Waals surface area contributed by atoms with Crippen LogP contribution in [0.5, 0.6) is 0 Å². The number of hydrogen-bond donors (Lipinski definition) is 1. The van der Waals surface area contributed by atoms with E-state index in [2.05, 4.69) is 11.4 Å². The van der Waals surface area contributed by atoms with Gasteiger partial charge in [-0.1, -0.05) is 0 Å². The maximum atomic E-state index is 11.8. The van der Waals surface area contributed by atoms with Crippen LogP contribution in [0.25, 0.3) is 0 Å². The molecule has 17 heavy (non-hydrogen) atoms. The Morgan fingerprint density at radius 1 is 1.59 bits per heavy atom. The van der Waals surface area contributed by atoms with Gasteiger partial charge in [0.15, 0.2) is 0 Å². The van der Waals surface area contributed by atoms with E-state index in [1.807, 2.05) is 25.2 Å². The summed E-state index contributed by atoms with van der Waals surface area (Å²) in [5.41, 5.74) is 1.88. The number of amides is 1. The molecule has 0 unspecified atom stereocenters. The Kier molecular flexibility index (Phi) is 3.55. The Labute approximate surface area is 105 Å². The number of anilines is 2. The molecule has 1 N–H and O–H groups in total. The highest BCUT2D eigenvalue weighted by Crippen LogP contribution is 2.37. The Bertz CT molecular complexity index is 481. The van der Waals surface area contributed by atoms with Crippen LogP contribution in [0.3, 0.4) is 0 Å². The minimum Gasteiger partial charge on any atom is -0.388 e. The highest BCUT2D eigenvalue weighted by Gasteiger charge is 2.24. The third-order valence-electron chi connectivity index (χ3n) is 2.64. The number of nitriles is 1. The molecule has 5 heteroatoms. The lowest BCUT2D eigenvalue weighted by Crippen LogP contribution is -2.36. The van der Waals surface area contributed by atoms with Crippen molar-refractivity contribution in [3.05, 3.63) is 18.2 Å². The average molecular weight is 247 g/mol. The number of nitrogens with one attached hydrogen (secondary N) is 1. The van der Waals surface area contributed by atoms with E-state index in [1.54, 1.807) is 16.7 Å². The fraction of sp³-hybridized carbons (Fsp3) is 0.333. The van der Waals surface area contributed by atoms with Crippen LogP contribution in [0.4, 0.5) is 11.4 Å². The Balaban J connectivity index is 2.35. The van der Waals surface area contributed by atoms with E-state index >= 15 is 0 Å². The van der Waals surface area contributed by atoms with Crippen LogP contribution >= 0.6 is 11.8 Å². The van der Waals surface area contributed by atoms with Crippen LogP contribution in [0, 0.1) is 11.3 Å². The van der Waals surface area contributed by atoms with Gasteiger partial charge < -0.3 is 10.2 Å². The maximum absolute atomic E-state index is 11.8. The smallest absolute Gasteiger partial charge is 0.237 e. The minimum atomic E-state index is 0.0750. The van der Waals surface area contributed by atoms with Gasteiger partial charge in [-0.05, 0) is 18.2 Å². The molecule has 0 aromatic heterocycles. The first-order valence-electron chi connectivity index (χ1n) is 5.38. The molecule has 2 rings (SSSR count). The lowest BCUT2D eigenvalue weighted by Gasteiger charge is -2.28. The van der Waals surface area contributed by atoms with Crippen LogP contribution in [0.2, 0.25) is 0 Å². The highest BCUT2D eigenvalue weighted by atomic mass is 32.2. The largest absolute Gasteiger partial charge is 0.388 e. The summed E-state index contributed by atoms with van der Waals surface area (Å²) in [6.45, 7) is 0.468. The lowest BCUT2D eigenvalue weighted by molar-refractivity contribution is -0.116. The first kappa shape index (κ1) is 11.8. The van der Waals surface area contributed by atoms with Gasteiger partial charge in [0.1, 0.15) is 0 Å². The molecule has 0 saturated heterocycles. The van der Waals surface area contributed by atoms with Crippen molar-refractivity contribution in [2.45, 2.75) is 11.3 Å². The highest BCUT2D eigenvalue weighted by molar-refractivity contribution is 8.00. The molecule has 1 aliphatic rings. The number of carbonyl (C=O) groups is 1. The van der Waals surface area contributed by atoms with Gasteiger partial charge in [-0.3, -0.25) is 4.79 Å². The normalized spacial score (nSPS) is 14.1. The molecule has 0 radical (unpaired) electrons. The second-order valence-corrected chi connectivity index (χ2v) is 4.69. The molecule has 0 aliphatic carbocycles. The zero-order chi connectivity index (χ0) is 12.3. The molecule has 0 saturated carbocycles. The zero-order valence-corrected chi connectivity index (χ0v) is 10.4. The standard InChI is InChI=1S/C12H13N3OS/c1-14-9-3-4-11-10(7-9)15(6-2-5-13)12(16)8-17-11/h3-4,7,14H,2,6,8H2,1H3. The summed E-state index contributed by atoms with van der Waals surface area (Å²) in [6, 6.07) is 8.04. The number of nitrogens with zero attached hydrogens (tertiary/aromatic N) is 2. The third kappa shape index (κ3) is 2.37. The van der Waals surface area contributed by atoms with E-state index < -0.39 is 0 Å². The van der Waals surface area contributed by atoms with Crippen LogP contribution in [-0.4, -0.2) is 25.3 Å². The molecule has 1 heterocycles. The third-order valence-corrected chi connectivity index (χ3v) is 3.69. The first-order chi connectivity index (χ1) is 8.26. The molecule has 88 valence electrons. The fourth-order valence-corrected chi connectivity index (χ4v) is 2.68. The maximum Gasteiger partial charge on any atom is 0.237 e. The second kappa shape index (κ2) is 5.11. The minimum absolute atomic E-state index is 0.0750. The predicted molar refractivity (Wildman–Crippen MR) is 69.3 cm³/mol. The zero-order valence-electron chi connectivity index (χ0n) is 9.56. The molecule has 1 aromatic carbocycles. The molecule has 0 bridgehead atoms. The van der Waals surface area contributed by atoms with Gasteiger partial charge in [-0.15, -0.1) is 11.8 Å². The Morgan fingerprint density at radius 2 is 2.41 bits per heavy atom. The summed E-state index contributed by atoms with van der Waals surface area (Å²) in [6.07, 6.45) is 0.361. The van der Waals surface area contributed by atoms with Gasteiger partial charge in [0.2, 0.25) is 5.91 Å². The first-order valence-corrected chi connectivity index (χ1v) is 6.36. The van der Waals surface area contributed by atoms with Gasteiger partial charge in [0.05, 0.1) is 23.9 Å². The molecule has 0 spiro atoms. The van der Waals surface area contributed by atoms with E-state index in [9.17, 15) is 4.79 Å². The van der Waals surface area contributed by atoms with E-state index in [4.69, 9.17) is 5.26 Å². The summed E-state index contributed by atoms with van der Waals surface area (Å²) in [5, 5.41) is 11.7. The summed E-state index contributed by atoms with van der Waals surface area (Å²) in [4.78, 5) is 14.6. The quantitative estimate of drug-likeness (QED) is 0.888. The van der Waals surface area contributed by atoms with Crippen LogP contribution < -0.4 is 10.2 Å². The molecular formula is C12H13N3OS. The Hall–Kier alpha value is -1.67. The summed E-state index contributed by atoms with van der Waals surface area (Å²) >= 11 is 1.55. The van der Waals surface area contributed by atoms with E-state index in [1.165, 1.54) is 0 Å². The SMILES string of the molecule is CNc1ccc2c(c1)N(CCC#N)C(=O)CS2. The van der Waals surface area contributed by atoms with Gasteiger partial charge in [-0.25, -0.2) is 0 Å². The van der Waals surface area contributed by atoms with Crippen molar-refractivity contribution in [2.24, 2.45) is 0 Å². The number of benzene rings is 1. The number of carbonyl (C=O) groups excluding carboxylic acids is 1. The number of rotatable bonds is 3. The van der Waals surface area contributed by atoms with E-state index in [0.717, 1.165) is 16.3 Å². The molecular weight excluding hydrogens is 234 g/mol. The molecule has 0 atom stereocenters. The number of thioether (sulfide) groups is 1. The number of hydrogen-bond acceptors (Lipinski definition) is 4. The van der Waals surface area contributed by atoms with Crippen LogP contribution in [-0.2, 0) is 4.79 Å². The van der Waals surface area contributed by atoms with E-state index in [0.29, 0.717) is 18.7 Å². The van der Waals surface area contributed by atoms with Crippen molar-refractivity contribution in [2.75, 3.05) is 29.6 Å². The monoisotopic (exact) mass is 247 g/mol. The summed E-state index contributed by atoms with van der Waals surface area (Å²) in [5.74, 6) is 0.531. The van der Waals surface area contributed by atoms with Crippen molar-refractivity contribution < 1.29 is 4.79 Å². The molecule has 1 aliphatic heterocycles. The fourth-order valence-electron chi connectivity index (χ4n) is 1.76. The topological polar surface area (TPSA) is 56.1 Å². The van der Waals surface area contributed by atoms with Crippen LogP contribution in [0.1, 0.15) is 6.42 Å². The van der Waals surface area contributed by atoms with Crippen LogP contribution in [0.15, 0.2) is 23.1 Å². The van der Waals surface area contributed by atoms with Gasteiger partial charge in [0.25, 0.3) is 0 Å². The molecule has 4 nitrogen and oxygen atoms in total. The van der Waals surface area contributed by atoms with Crippen molar-refractivity contribution in [1.29, 1.82) is 5.26 Å². The molecule has 1 amide bonds. The van der Waals surface area contributed by atoms with Crippen molar-refractivity contribution in [1.82, 2.24) is 0 Å². The summed E-state index contributed by atoms with van der Waals surface area (Å²) in [7, 11) is 1.85. The second-order valence-electron chi connectivity index (χ2n) is 3.67. The van der Waals surface area contributed by atoms with Crippen molar-refractivity contribution in [3.63, 3.8) is 0 Å². The van der Waals surface area contributed by atoms with Crippen molar-refractivity contribution >= 4 is 29.0 Å². The Morgan fingerprint density at radius 3 is 3.12 bits per heavy atom. The lowest BCUT2D eigenvalue weighted by atomic mass is 10.2. The van der Waals surface area contributed by atoms with E-state index in [-0.39, 0.29) is 5.91 Å². The number of fused-ring (bicyclic) bond motifs is 1. The van der Waals surface area contributed by atoms with Gasteiger partial charge in [0, 0.05) is 24.2 Å². The molecule has 1 aromatic rings. The van der Waals surface area contributed by atoms with Crippen molar-refractivity contribution in [3.8, 4) is 6.07 Å². The van der Waals surface area contributed by atoms with Gasteiger partial charge in [-0.2, -0.15) is 5.26 Å². The summed E-state index contributed by atoms with van der Waals surface area (Å²) < 4.78 is 0. The average Bonchev–Trinajstić information content (AvgIpc) is 2.37.